The van der Waals surface area contributed by atoms with Gasteiger partial charge in [-0.05, 0) is 53.6 Å². The Labute approximate surface area is 194 Å². The van der Waals surface area contributed by atoms with Crippen molar-refractivity contribution in [3.8, 4) is 0 Å². The number of urea groups is 1. The number of carbonyl (C=O) groups excluding carboxylic acids is 3. The van der Waals surface area contributed by atoms with E-state index in [-0.39, 0.29) is 17.6 Å². The fourth-order valence-corrected chi connectivity index (χ4v) is 3.93. The average molecular weight is 455 g/mol. The molecular formula is C25H21N5O4. The Kier molecular flexibility index (Phi) is 5.43. The molecule has 170 valence electrons. The number of hydrogen-bond acceptors (Lipinski definition) is 5. The predicted octanol–water partition coefficient (Wildman–Crippen LogP) is 4.15. The van der Waals surface area contributed by atoms with E-state index in [1.165, 1.54) is 7.11 Å². The lowest BCUT2D eigenvalue weighted by Gasteiger charge is -2.16. The molecule has 3 aromatic carbocycles. The van der Waals surface area contributed by atoms with Gasteiger partial charge in [0.2, 0.25) is 0 Å². The van der Waals surface area contributed by atoms with Gasteiger partial charge in [0, 0.05) is 35.4 Å². The van der Waals surface area contributed by atoms with Crippen molar-refractivity contribution in [1.29, 1.82) is 0 Å². The highest BCUT2D eigenvalue weighted by molar-refractivity contribution is 6.07. The fourth-order valence-electron chi connectivity index (χ4n) is 3.93. The van der Waals surface area contributed by atoms with Gasteiger partial charge in [-0.2, -0.15) is 5.10 Å². The van der Waals surface area contributed by atoms with Crippen molar-refractivity contribution in [3.05, 3.63) is 89.1 Å². The Morgan fingerprint density at radius 1 is 0.912 bits per heavy atom. The van der Waals surface area contributed by atoms with Crippen LogP contribution in [-0.2, 0) is 17.8 Å². The van der Waals surface area contributed by atoms with Crippen LogP contribution in [0, 0.1) is 0 Å². The Bertz CT molecular complexity index is 1390. The Morgan fingerprint density at radius 2 is 1.59 bits per heavy atom. The van der Waals surface area contributed by atoms with Gasteiger partial charge < -0.3 is 20.3 Å². The maximum absolute atomic E-state index is 12.7. The van der Waals surface area contributed by atoms with Crippen LogP contribution in [0.1, 0.15) is 32.0 Å². The van der Waals surface area contributed by atoms with Crippen LogP contribution in [0.5, 0.6) is 0 Å². The van der Waals surface area contributed by atoms with Crippen molar-refractivity contribution in [2.45, 2.75) is 13.1 Å². The molecule has 1 aliphatic rings. The molecule has 9 heteroatoms. The number of nitrogens with one attached hydrogen (secondary N) is 3. The summed E-state index contributed by atoms with van der Waals surface area (Å²) in [5.41, 5.74) is 4.63. The van der Waals surface area contributed by atoms with Crippen LogP contribution in [0.15, 0.2) is 66.7 Å². The van der Waals surface area contributed by atoms with Crippen LogP contribution < -0.4 is 10.6 Å². The summed E-state index contributed by atoms with van der Waals surface area (Å²) in [5.74, 6) is -0.888. The smallest absolute Gasteiger partial charge is 0.359 e. The third-order valence-corrected chi connectivity index (χ3v) is 5.73. The minimum atomic E-state index is -0.565. The van der Waals surface area contributed by atoms with Crippen LogP contribution in [0.3, 0.4) is 0 Å². The second kappa shape index (κ2) is 8.70. The van der Waals surface area contributed by atoms with Crippen LogP contribution in [-0.4, -0.2) is 40.1 Å². The lowest BCUT2D eigenvalue weighted by atomic mass is 10.1. The van der Waals surface area contributed by atoms with Gasteiger partial charge in [0.25, 0.3) is 5.91 Å². The molecule has 34 heavy (non-hydrogen) atoms. The fraction of sp³-hybridized carbons (Fsp3) is 0.120. The van der Waals surface area contributed by atoms with Gasteiger partial charge in [-0.3, -0.25) is 9.89 Å². The molecule has 9 nitrogen and oxygen atoms in total. The number of aromatic amines is 1. The number of methoxy groups -OCH3 is 1. The van der Waals surface area contributed by atoms with E-state index in [4.69, 9.17) is 4.74 Å². The van der Waals surface area contributed by atoms with Gasteiger partial charge in [-0.1, -0.05) is 24.3 Å². The molecule has 0 aliphatic carbocycles. The quantitative estimate of drug-likeness (QED) is 0.400. The van der Waals surface area contributed by atoms with E-state index in [0.717, 1.165) is 11.1 Å². The molecule has 1 aliphatic heterocycles. The second-order valence-corrected chi connectivity index (χ2v) is 7.91. The Morgan fingerprint density at radius 3 is 2.26 bits per heavy atom. The standard InChI is InChI=1S/C25H21N5O4/c1-34-24(32)22-20-12-19(10-11-21(20)28-29-22)26-23(31)15-6-8-18(9-7-15)27-25(33)30-13-16-4-2-3-5-17(16)14-30/h2-12H,13-14H2,1H3,(H,26,31)(H,27,33)(H,28,29). The topological polar surface area (TPSA) is 116 Å². The Balaban J connectivity index is 1.23. The number of amides is 3. The number of aromatic nitrogens is 2. The average Bonchev–Trinajstić information content (AvgIpc) is 3.48. The van der Waals surface area contributed by atoms with Gasteiger partial charge in [-0.15, -0.1) is 0 Å². The van der Waals surface area contributed by atoms with Crippen molar-refractivity contribution in [2.75, 3.05) is 17.7 Å². The molecule has 0 fully saturated rings. The minimum absolute atomic E-state index is 0.148. The molecule has 4 aromatic rings. The Hall–Kier alpha value is -4.66. The summed E-state index contributed by atoms with van der Waals surface area (Å²) in [6, 6.07) is 19.5. The van der Waals surface area contributed by atoms with E-state index < -0.39 is 5.97 Å². The third kappa shape index (κ3) is 4.06. The van der Waals surface area contributed by atoms with Crippen molar-refractivity contribution < 1.29 is 19.1 Å². The molecule has 0 saturated carbocycles. The monoisotopic (exact) mass is 455 g/mol. The second-order valence-electron chi connectivity index (χ2n) is 7.91. The van der Waals surface area contributed by atoms with Crippen LogP contribution in [0.4, 0.5) is 16.2 Å². The normalized spacial score (nSPS) is 12.3. The molecule has 5 rings (SSSR count). The number of hydrogen-bond donors (Lipinski definition) is 3. The summed E-state index contributed by atoms with van der Waals surface area (Å²) in [4.78, 5) is 38.9. The zero-order valence-electron chi connectivity index (χ0n) is 18.3. The van der Waals surface area contributed by atoms with Crippen LogP contribution in [0.2, 0.25) is 0 Å². The van der Waals surface area contributed by atoms with E-state index in [1.54, 1.807) is 47.4 Å². The summed E-state index contributed by atoms with van der Waals surface area (Å²) in [5, 5.41) is 13.0. The molecule has 0 atom stereocenters. The number of esters is 1. The molecule has 0 radical (unpaired) electrons. The minimum Gasteiger partial charge on any atom is -0.464 e. The number of nitrogens with zero attached hydrogens (tertiary/aromatic N) is 2. The lowest BCUT2D eigenvalue weighted by molar-refractivity contribution is 0.0596. The van der Waals surface area contributed by atoms with Gasteiger partial charge >= 0.3 is 12.0 Å². The largest absolute Gasteiger partial charge is 0.464 e. The van der Waals surface area contributed by atoms with Crippen molar-refractivity contribution in [1.82, 2.24) is 15.1 Å². The first kappa shape index (κ1) is 21.2. The van der Waals surface area contributed by atoms with Crippen molar-refractivity contribution >= 4 is 40.2 Å². The molecule has 0 saturated heterocycles. The number of rotatable bonds is 4. The first-order valence-electron chi connectivity index (χ1n) is 10.6. The van der Waals surface area contributed by atoms with Gasteiger partial charge in [-0.25, -0.2) is 9.59 Å². The highest BCUT2D eigenvalue weighted by Gasteiger charge is 2.23. The zero-order chi connectivity index (χ0) is 23.7. The first-order valence-corrected chi connectivity index (χ1v) is 10.6. The summed E-state index contributed by atoms with van der Waals surface area (Å²) in [6.07, 6.45) is 0. The van der Waals surface area contributed by atoms with E-state index in [9.17, 15) is 14.4 Å². The summed E-state index contributed by atoms with van der Waals surface area (Å²) in [7, 11) is 1.28. The third-order valence-electron chi connectivity index (χ3n) is 5.73. The molecule has 1 aromatic heterocycles. The number of ether oxygens (including phenoxy) is 1. The van der Waals surface area contributed by atoms with E-state index in [0.29, 0.717) is 40.9 Å². The number of carbonyl (C=O) groups is 3. The summed E-state index contributed by atoms with van der Waals surface area (Å²) < 4.78 is 4.74. The highest BCUT2D eigenvalue weighted by Crippen LogP contribution is 2.24. The molecule has 0 spiro atoms. The van der Waals surface area contributed by atoms with Crippen LogP contribution >= 0.6 is 0 Å². The van der Waals surface area contributed by atoms with E-state index >= 15 is 0 Å². The number of H-pyrrole nitrogens is 1. The SMILES string of the molecule is COC(=O)c1n[nH]c2ccc(NC(=O)c3ccc(NC(=O)N4Cc5ccccc5C4)cc3)cc12. The molecule has 3 amide bonds. The summed E-state index contributed by atoms with van der Waals surface area (Å²) in [6.45, 7) is 1.14. The first-order chi connectivity index (χ1) is 16.5. The molecule has 2 heterocycles. The lowest BCUT2D eigenvalue weighted by Crippen LogP contribution is -2.30. The van der Waals surface area contributed by atoms with Crippen LogP contribution in [0.25, 0.3) is 10.9 Å². The predicted molar refractivity (Wildman–Crippen MR) is 127 cm³/mol. The zero-order valence-corrected chi connectivity index (χ0v) is 18.3. The van der Waals surface area contributed by atoms with Gasteiger partial charge in [0.1, 0.15) is 0 Å². The maximum atomic E-state index is 12.7. The van der Waals surface area contributed by atoms with Crippen molar-refractivity contribution in [3.63, 3.8) is 0 Å². The molecular weight excluding hydrogens is 434 g/mol. The number of anilines is 2. The maximum Gasteiger partial charge on any atom is 0.359 e. The molecule has 0 bridgehead atoms. The summed E-state index contributed by atoms with van der Waals surface area (Å²) >= 11 is 0. The van der Waals surface area contributed by atoms with Gasteiger partial charge in [0.15, 0.2) is 5.69 Å². The van der Waals surface area contributed by atoms with E-state index in [2.05, 4.69) is 20.8 Å². The number of fused-ring (bicyclic) bond motifs is 2. The molecule has 0 unspecified atom stereocenters. The van der Waals surface area contributed by atoms with Crippen molar-refractivity contribution in [2.24, 2.45) is 0 Å². The van der Waals surface area contributed by atoms with E-state index in [1.807, 2.05) is 24.3 Å². The van der Waals surface area contributed by atoms with Gasteiger partial charge in [0.05, 0.1) is 12.6 Å². The number of benzene rings is 3. The molecule has 3 N–H and O–H groups in total. The highest BCUT2D eigenvalue weighted by atomic mass is 16.5.